The van der Waals surface area contributed by atoms with Crippen molar-refractivity contribution >= 4 is 5.69 Å². The minimum atomic E-state index is -2.82. The average Bonchev–Trinajstić information content (AvgIpc) is 2.72. The molecular weight excluding hydrogens is 384 g/mol. The number of ether oxygens (including phenoxy) is 2. The first-order valence-corrected chi connectivity index (χ1v) is 10.2. The van der Waals surface area contributed by atoms with E-state index in [4.69, 9.17) is 4.74 Å². The van der Waals surface area contributed by atoms with Crippen LogP contribution in [0, 0.1) is 0 Å². The summed E-state index contributed by atoms with van der Waals surface area (Å²) in [6, 6.07) is 21.4. The Morgan fingerprint density at radius 3 is 2.40 bits per heavy atom. The predicted octanol–water partition coefficient (Wildman–Crippen LogP) is 6.84. The van der Waals surface area contributed by atoms with E-state index in [-0.39, 0.29) is 17.9 Å². The number of alkyl halides is 2. The van der Waals surface area contributed by atoms with Crippen LogP contribution in [0.4, 0.5) is 14.5 Å². The van der Waals surface area contributed by atoms with E-state index >= 15 is 0 Å². The molecule has 0 radical (unpaired) electrons. The number of anilines is 1. The van der Waals surface area contributed by atoms with Crippen molar-refractivity contribution in [3.8, 4) is 22.6 Å². The maximum absolute atomic E-state index is 12.5. The fourth-order valence-electron chi connectivity index (χ4n) is 3.98. The van der Waals surface area contributed by atoms with Gasteiger partial charge in [-0.05, 0) is 79.3 Å². The number of fused-ring (bicyclic) bond motifs is 1. The molecule has 1 aliphatic rings. The second-order valence-corrected chi connectivity index (χ2v) is 7.71. The molecule has 1 heterocycles. The summed E-state index contributed by atoms with van der Waals surface area (Å²) in [7, 11) is 0. The van der Waals surface area contributed by atoms with Crippen molar-refractivity contribution in [3.63, 3.8) is 0 Å². The van der Waals surface area contributed by atoms with Gasteiger partial charge in [0.05, 0.1) is 12.1 Å². The lowest BCUT2D eigenvalue weighted by Gasteiger charge is -2.29. The molecule has 1 aliphatic heterocycles. The van der Waals surface area contributed by atoms with Crippen LogP contribution in [0.5, 0.6) is 11.5 Å². The van der Waals surface area contributed by atoms with Crippen LogP contribution >= 0.6 is 0 Å². The minimum Gasteiger partial charge on any atom is -0.491 e. The number of hydrogen-bond donors (Lipinski definition) is 1. The lowest BCUT2D eigenvalue weighted by atomic mass is 9.88. The van der Waals surface area contributed by atoms with Gasteiger partial charge in [0, 0.05) is 5.69 Å². The van der Waals surface area contributed by atoms with Crippen molar-refractivity contribution in [3.05, 3.63) is 77.9 Å². The van der Waals surface area contributed by atoms with E-state index < -0.39 is 6.61 Å². The Hall–Kier alpha value is -3.08. The molecule has 0 bridgehead atoms. The summed E-state index contributed by atoms with van der Waals surface area (Å²) in [5.74, 6) is 1.04. The van der Waals surface area contributed by atoms with E-state index in [2.05, 4.69) is 34.3 Å². The van der Waals surface area contributed by atoms with Crippen molar-refractivity contribution < 1.29 is 18.3 Å². The zero-order chi connectivity index (χ0) is 21.1. The summed E-state index contributed by atoms with van der Waals surface area (Å²) in [4.78, 5) is 0. The second kappa shape index (κ2) is 8.74. The molecule has 1 unspecified atom stereocenters. The molecule has 1 N–H and O–H groups in total. The number of nitrogens with one attached hydrogen (secondary N) is 1. The Bertz CT molecular complexity index is 1020. The Balaban J connectivity index is 1.59. The van der Waals surface area contributed by atoms with Gasteiger partial charge in [0.1, 0.15) is 11.5 Å². The van der Waals surface area contributed by atoms with E-state index in [9.17, 15) is 8.78 Å². The van der Waals surface area contributed by atoms with Crippen molar-refractivity contribution in [1.29, 1.82) is 0 Å². The van der Waals surface area contributed by atoms with Crippen LogP contribution in [0.2, 0.25) is 0 Å². The van der Waals surface area contributed by atoms with Crippen LogP contribution < -0.4 is 14.8 Å². The van der Waals surface area contributed by atoms with Crippen molar-refractivity contribution in [1.82, 2.24) is 0 Å². The molecule has 0 saturated heterocycles. The number of hydrogen-bond acceptors (Lipinski definition) is 3. The molecule has 5 heteroatoms. The third-order valence-electron chi connectivity index (χ3n) is 5.19. The molecule has 1 atom stereocenters. The molecule has 156 valence electrons. The highest BCUT2D eigenvalue weighted by atomic mass is 19.3. The van der Waals surface area contributed by atoms with Gasteiger partial charge in [-0.1, -0.05) is 36.4 Å². The van der Waals surface area contributed by atoms with Crippen LogP contribution in [-0.2, 0) is 6.42 Å². The molecule has 4 rings (SSSR count). The second-order valence-electron chi connectivity index (χ2n) is 7.71. The Kier molecular flexibility index (Phi) is 5.88. The first kappa shape index (κ1) is 20.2. The fourth-order valence-corrected chi connectivity index (χ4v) is 3.98. The fraction of sp³-hybridized carbons (Fsp3) is 0.280. The molecule has 30 heavy (non-hydrogen) atoms. The molecule has 3 aromatic rings. The standard InChI is InChI=1S/C25H25F2NO2/c1-16(2)29-19-8-3-6-17(14-19)21-10-5-11-24-22(21)12-13-23(28-24)18-7-4-9-20(15-18)30-25(26)27/h3-11,14-16,23,25,28H,12-13H2,1-2H3. The third kappa shape index (κ3) is 4.56. The molecule has 0 fully saturated rings. The van der Waals surface area contributed by atoms with Crippen molar-refractivity contribution in [2.24, 2.45) is 0 Å². The molecule has 3 aromatic carbocycles. The third-order valence-corrected chi connectivity index (χ3v) is 5.19. The monoisotopic (exact) mass is 409 g/mol. The normalized spacial score (nSPS) is 15.6. The zero-order valence-electron chi connectivity index (χ0n) is 17.1. The number of benzene rings is 3. The summed E-state index contributed by atoms with van der Waals surface area (Å²) in [6.45, 7) is 1.21. The van der Waals surface area contributed by atoms with E-state index in [1.54, 1.807) is 18.2 Å². The van der Waals surface area contributed by atoms with Crippen molar-refractivity contribution in [2.75, 3.05) is 5.32 Å². The van der Waals surface area contributed by atoms with E-state index in [0.717, 1.165) is 35.4 Å². The van der Waals surface area contributed by atoms with E-state index in [0.29, 0.717) is 0 Å². The van der Waals surface area contributed by atoms with Gasteiger partial charge in [-0.25, -0.2) is 0 Å². The smallest absolute Gasteiger partial charge is 0.387 e. The molecule has 0 saturated carbocycles. The molecular formula is C25H25F2NO2. The first-order valence-electron chi connectivity index (χ1n) is 10.2. The summed E-state index contributed by atoms with van der Waals surface area (Å²) < 4.78 is 35.5. The van der Waals surface area contributed by atoms with Gasteiger partial charge in [0.25, 0.3) is 0 Å². The molecule has 0 aliphatic carbocycles. The summed E-state index contributed by atoms with van der Waals surface area (Å²) in [5, 5.41) is 3.58. The van der Waals surface area contributed by atoms with Gasteiger partial charge in [0.15, 0.2) is 0 Å². The van der Waals surface area contributed by atoms with Gasteiger partial charge in [-0.3, -0.25) is 0 Å². The van der Waals surface area contributed by atoms with Crippen LogP contribution in [0.1, 0.15) is 37.4 Å². The Labute approximate surface area is 175 Å². The summed E-state index contributed by atoms with van der Waals surface area (Å²) >= 11 is 0. The van der Waals surface area contributed by atoms with E-state index in [1.165, 1.54) is 11.1 Å². The lowest BCUT2D eigenvalue weighted by Crippen LogP contribution is -2.18. The average molecular weight is 409 g/mol. The predicted molar refractivity (Wildman–Crippen MR) is 115 cm³/mol. The highest BCUT2D eigenvalue weighted by molar-refractivity contribution is 5.76. The van der Waals surface area contributed by atoms with E-state index in [1.807, 2.05) is 38.1 Å². The highest BCUT2D eigenvalue weighted by Crippen LogP contribution is 2.39. The van der Waals surface area contributed by atoms with Crippen LogP contribution in [0.15, 0.2) is 66.7 Å². The quantitative estimate of drug-likeness (QED) is 0.483. The lowest BCUT2D eigenvalue weighted by molar-refractivity contribution is -0.0498. The molecule has 0 spiro atoms. The maximum Gasteiger partial charge on any atom is 0.387 e. The van der Waals surface area contributed by atoms with Gasteiger partial charge in [-0.15, -0.1) is 0 Å². The molecule has 3 nitrogen and oxygen atoms in total. The Morgan fingerprint density at radius 1 is 0.900 bits per heavy atom. The SMILES string of the molecule is CC(C)Oc1cccc(-c2cccc3c2CCC(c2cccc(OC(F)F)c2)N3)c1. The minimum absolute atomic E-state index is 0.0459. The van der Waals surface area contributed by atoms with Crippen molar-refractivity contribution in [2.45, 2.75) is 45.4 Å². The zero-order valence-corrected chi connectivity index (χ0v) is 17.1. The van der Waals surface area contributed by atoms with Gasteiger partial charge < -0.3 is 14.8 Å². The first-order chi connectivity index (χ1) is 14.5. The molecule has 0 amide bonds. The highest BCUT2D eigenvalue weighted by Gasteiger charge is 2.22. The number of halogens is 2. The van der Waals surface area contributed by atoms with Gasteiger partial charge in [-0.2, -0.15) is 8.78 Å². The van der Waals surface area contributed by atoms with Crippen LogP contribution in [-0.4, -0.2) is 12.7 Å². The number of rotatable bonds is 6. The molecule has 0 aromatic heterocycles. The van der Waals surface area contributed by atoms with Crippen LogP contribution in [0.25, 0.3) is 11.1 Å². The maximum atomic E-state index is 12.5. The summed E-state index contributed by atoms with van der Waals surface area (Å²) in [5.41, 5.74) is 5.58. The van der Waals surface area contributed by atoms with Gasteiger partial charge in [0.2, 0.25) is 0 Å². The topological polar surface area (TPSA) is 30.5 Å². The van der Waals surface area contributed by atoms with Crippen LogP contribution in [0.3, 0.4) is 0 Å². The Morgan fingerprint density at radius 2 is 1.63 bits per heavy atom. The summed E-state index contributed by atoms with van der Waals surface area (Å²) in [6.07, 6.45) is 1.88. The largest absolute Gasteiger partial charge is 0.491 e. The van der Waals surface area contributed by atoms with Gasteiger partial charge >= 0.3 is 6.61 Å².